The van der Waals surface area contributed by atoms with Gasteiger partial charge in [-0.15, -0.1) is 0 Å². The maximum Gasteiger partial charge on any atom is 0.125 e. The SMILES string of the molecule is CCCC(C=O)C(C)F. The van der Waals surface area contributed by atoms with Gasteiger partial charge in [-0.1, -0.05) is 13.3 Å². The summed E-state index contributed by atoms with van der Waals surface area (Å²) in [5.74, 6) is -0.380. The van der Waals surface area contributed by atoms with Crippen LogP contribution in [0.4, 0.5) is 4.39 Å². The van der Waals surface area contributed by atoms with Gasteiger partial charge in [-0.05, 0) is 13.3 Å². The molecule has 2 heteroatoms. The van der Waals surface area contributed by atoms with Crippen LogP contribution < -0.4 is 0 Å². The molecule has 2 unspecified atom stereocenters. The lowest BCUT2D eigenvalue weighted by atomic mass is 10.0. The molecule has 0 fully saturated rings. The molecule has 0 bridgehead atoms. The van der Waals surface area contributed by atoms with Crippen molar-refractivity contribution < 1.29 is 9.18 Å². The fourth-order valence-corrected chi connectivity index (χ4v) is 0.739. The molecule has 0 aromatic carbocycles. The van der Waals surface area contributed by atoms with Gasteiger partial charge in [-0.3, -0.25) is 0 Å². The highest BCUT2D eigenvalue weighted by atomic mass is 19.1. The monoisotopic (exact) mass is 132 g/mol. The maximum atomic E-state index is 12.3. The molecule has 0 rings (SSSR count). The predicted molar refractivity (Wildman–Crippen MR) is 35.0 cm³/mol. The first-order valence-corrected chi connectivity index (χ1v) is 3.31. The third-order valence-corrected chi connectivity index (χ3v) is 1.39. The molecule has 0 heterocycles. The maximum absolute atomic E-state index is 12.3. The summed E-state index contributed by atoms with van der Waals surface area (Å²) >= 11 is 0. The van der Waals surface area contributed by atoms with E-state index in [9.17, 15) is 9.18 Å². The smallest absolute Gasteiger partial charge is 0.125 e. The van der Waals surface area contributed by atoms with Crippen molar-refractivity contribution >= 4 is 6.29 Å². The Labute approximate surface area is 55.3 Å². The topological polar surface area (TPSA) is 17.1 Å². The van der Waals surface area contributed by atoms with E-state index in [0.29, 0.717) is 12.7 Å². The van der Waals surface area contributed by atoms with E-state index < -0.39 is 6.17 Å². The van der Waals surface area contributed by atoms with Gasteiger partial charge in [0.15, 0.2) is 0 Å². The van der Waals surface area contributed by atoms with E-state index in [2.05, 4.69) is 0 Å². The van der Waals surface area contributed by atoms with Crippen molar-refractivity contribution in [3.05, 3.63) is 0 Å². The first-order chi connectivity index (χ1) is 4.22. The van der Waals surface area contributed by atoms with E-state index in [1.54, 1.807) is 0 Å². The third-order valence-electron chi connectivity index (χ3n) is 1.39. The van der Waals surface area contributed by atoms with Gasteiger partial charge in [-0.25, -0.2) is 4.39 Å². The fourth-order valence-electron chi connectivity index (χ4n) is 0.739. The Morgan fingerprint density at radius 2 is 2.22 bits per heavy atom. The summed E-state index contributed by atoms with van der Waals surface area (Å²) in [6.45, 7) is 3.37. The molecule has 54 valence electrons. The lowest BCUT2D eigenvalue weighted by Crippen LogP contribution is -2.13. The highest BCUT2D eigenvalue weighted by Gasteiger charge is 2.13. The van der Waals surface area contributed by atoms with Crippen molar-refractivity contribution in [3.8, 4) is 0 Å². The van der Waals surface area contributed by atoms with Gasteiger partial charge >= 0.3 is 0 Å². The largest absolute Gasteiger partial charge is 0.303 e. The summed E-state index contributed by atoms with van der Waals surface area (Å²) in [5.41, 5.74) is 0. The lowest BCUT2D eigenvalue weighted by molar-refractivity contribution is -0.112. The number of halogens is 1. The molecule has 0 aromatic heterocycles. The number of hydrogen-bond donors (Lipinski definition) is 0. The second-order valence-electron chi connectivity index (χ2n) is 2.27. The van der Waals surface area contributed by atoms with Crippen LogP contribution in [0, 0.1) is 5.92 Å². The van der Waals surface area contributed by atoms with Gasteiger partial charge in [0.1, 0.15) is 12.5 Å². The zero-order valence-electron chi connectivity index (χ0n) is 5.93. The minimum Gasteiger partial charge on any atom is -0.303 e. The zero-order valence-corrected chi connectivity index (χ0v) is 5.93. The van der Waals surface area contributed by atoms with Crippen LogP contribution in [-0.2, 0) is 4.79 Å². The molecule has 0 saturated carbocycles. The summed E-state index contributed by atoms with van der Waals surface area (Å²) in [6, 6.07) is 0. The van der Waals surface area contributed by atoms with Gasteiger partial charge in [0, 0.05) is 5.92 Å². The second-order valence-corrected chi connectivity index (χ2v) is 2.27. The molecule has 0 aromatic rings. The number of aldehydes is 1. The van der Waals surface area contributed by atoms with Crippen molar-refractivity contribution in [1.82, 2.24) is 0 Å². The van der Waals surface area contributed by atoms with Gasteiger partial charge in [0.25, 0.3) is 0 Å². The zero-order chi connectivity index (χ0) is 7.28. The van der Waals surface area contributed by atoms with E-state index in [1.165, 1.54) is 6.92 Å². The minimum atomic E-state index is -0.984. The third kappa shape index (κ3) is 3.22. The van der Waals surface area contributed by atoms with Crippen LogP contribution in [0.5, 0.6) is 0 Å². The van der Waals surface area contributed by atoms with Crippen LogP contribution in [-0.4, -0.2) is 12.5 Å². The molecule has 0 amide bonds. The fraction of sp³-hybridized carbons (Fsp3) is 0.857. The van der Waals surface area contributed by atoms with Crippen LogP contribution in [0.15, 0.2) is 0 Å². The number of carbonyl (C=O) groups excluding carboxylic acids is 1. The van der Waals surface area contributed by atoms with E-state index in [0.717, 1.165) is 6.42 Å². The van der Waals surface area contributed by atoms with E-state index in [-0.39, 0.29) is 5.92 Å². The van der Waals surface area contributed by atoms with Gasteiger partial charge < -0.3 is 4.79 Å². The molecule has 0 saturated heterocycles. The summed E-state index contributed by atoms with van der Waals surface area (Å²) < 4.78 is 12.3. The van der Waals surface area contributed by atoms with Crippen LogP contribution in [0.1, 0.15) is 26.7 Å². The van der Waals surface area contributed by atoms with Crippen molar-refractivity contribution in [1.29, 1.82) is 0 Å². The van der Waals surface area contributed by atoms with Gasteiger partial charge in [0.2, 0.25) is 0 Å². The van der Waals surface area contributed by atoms with Gasteiger partial charge in [0.05, 0.1) is 0 Å². The molecule has 1 nitrogen and oxygen atoms in total. The summed E-state index contributed by atoms with van der Waals surface area (Å²) in [6.07, 6.45) is 1.26. The second kappa shape index (κ2) is 4.48. The highest BCUT2D eigenvalue weighted by Crippen LogP contribution is 2.10. The molecule has 0 radical (unpaired) electrons. The Bertz CT molecular complexity index is 81.0. The standard InChI is InChI=1S/C7H13FO/c1-3-4-7(5-9)6(2)8/h5-7H,3-4H2,1-2H3. The first kappa shape index (κ1) is 8.60. The van der Waals surface area contributed by atoms with Crippen LogP contribution in [0.3, 0.4) is 0 Å². The Morgan fingerprint density at radius 3 is 2.33 bits per heavy atom. The van der Waals surface area contributed by atoms with E-state index in [1.807, 2.05) is 6.92 Å². The predicted octanol–water partition coefficient (Wildman–Crippen LogP) is 1.96. The van der Waals surface area contributed by atoms with Crippen molar-refractivity contribution in [2.45, 2.75) is 32.9 Å². The Balaban J connectivity index is 3.54. The normalized spacial score (nSPS) is 16.8. The van der Waals surface area contributed by atoms with E-state index in [4.69, 9.17) is 0 Å². The molecule has 9 heavy (non-hydrogen) atoms. The first-order valence-electron chi connectivity index (χ1n) is 3.31. The van der Waals surface area contributed by atoms with Crippen molar-refractivity contribution in [2.75, 3.05) is 0 Å². The summed E-state index contributed by atoms with van der Waals surface area (Å²) in [7, 11) is 0. The number of rotatable bonds is 4. The molecule has 2 atom stereocenters. The van der Waals surface area contributed by atoms with Crippen LogP contribution in [0.25, 0.3) is 0 Å². The Morgan fingerprint density at radius 1 is 1.67 bits per heavy atom. The molecular weight excluding hydrogens is 119 g/mol. The van der Waals surface area contributed by atoms with Gasteiger partial charge in [-0.2, -0.15) is 0 Å². The van der Waals surface area contributed by atoms with Crippen molar-refractivity contribution in [2.24, 2.45) is 5.92 Å². The van der Waals surface area contributed by atoms with Crippen LogP contribution >= 0.6 is 0 Å². The lowest BCUT2D eigenvalue weighted by Gasteiger charge is -2.07. The molecule has 0 aliphatic heterocycles. The average Bonchev–Trinajstić information content (AvgIpc) is 1.82. The number of carbonyl (C=O) groups is 1. The van der Waals surface area contributed by atoms with E-state index >= 15 is 0 Å². The Kier molecular flexibility index (Phi) is 4.28. The summed E-state index contributed by atoms with van der Waals surface area (Å²) in [4.78, 5) is 10.1. The minimum absolute atomic E-state index is 0.380. The number of alkyl halides is 1. The number of hydrogen-bond acceptors (Lipinski definition) is 1. The quantitative estimate of drug-likeness (QED) is 0.534. The molecule has 0 N–H and O–H groups in total. The van der Waals surface area contributed by atoms with Crippen molar-refractivity contribution in [3.63, 3.8) is 0 Å². The Hall–Kier alpha value is -0.400. The molecule has 0 aliphatic rings. The summed E-state index contributed by atoms with van der Waals surface area (Å²) in [5, 5.41) is 0. The molecule has 0 aliphatic carbocycles. The molecule has 0 spiro atoms. The highest BCUT2D eigenvalue weighted by molar-refractivity contribution is 5.54. The molecular formula is C7H13FO. The van der Waals surface area contributed by atoms with Crippen LogP contribution in [0.2, 0.25) is 0 Å². The average molecular weight is 132 g/mol.